The first-order chi connectivity index (χ1) is 8.43. The molecule has 0 fully saturated rings. The second kappa shape index (κ2) is 5.11. The molecule has 0 radical (unpaired) electrons. The van der Waals surface area contributed by atoms with Gasteiger partial charge < -0.3 is 0 Å². The van der Waals surface area contributed by atoms with Gasteiger partial charge in [-0.1, -0.05) is 61.5 Å². The minimum absolute atomic E-state index is 0.0445. The van der Waals surface area contributed by atoms with Crippen molar-refractivity contribution in [3.05, 3.63) is 34.9 Å². The van der Waals surface area contributed by atoms with E-state index in [9.17, 15) is 4.79 Å². The predicted molar refractivity (Wildman–Crippen MR) is 83.0 cm³/mol. The molecule has 0 saturated carbocycles. The molecule has 0 heterocycles. The van der Waals surface area contributed by atoms with Crippen molar-refractivity contribution in [2.75, 3.05) is 0 Å². The van der Waals surface area contributed by atoms with Crippen LogP contribution >= 0.6 is 0 Å². The molecule has 0 spiro atoms. The number of carbonyl (C=O) groups is 1. The fourth-order valence-corrected chi connectivity index (χ4v) is 1.97. The van der Waals surface area contributed by atoms with E-state index in [1.165, 1.54) is 11.1 Å². The van der Waals surface area contributed by atoms with E-state index in [4.69, 9.17) is 0 Å². The Kier molecular flexibility index (Phi) is 4.29. The first kappa shape index (κ1) is 15.9. The van der Waals surface area contributed by atoms with Crippen LogP contribution in [0.4, 0.5) is 0 Å². The van der Waals surface area contributed by atoms with Gasteiger partial charge in [0.1, 0.15) is 0 Å². The first-order valence-electron chi connectivity index (χ1n) is 7.13. The van der Waals surface area contributed by atoms with Crippen LogP contribution < -0.4 is 0 Å². The predicted octanol–water partition coefficient (Wildman–Crippen LogP) is 5.12. The summed E-state index contributed by atoms with van der Waals surface area (Å²) in [6, 6.07) is 6.38. The van der Waals surface area contributed by atoms with Crippen molar-refractivity contribution in [1.82, 2.24) is 0 Å². The van der Waals surface area contributed by atoms with Crippen LogP contribution in [-0.2, 0) is 10.8 Å². The third-order valence-corrected chi connectivity index (χ3v) is 3.47. The molecule has 0 unspecified atom stereocenters. The summed E-state index contributed by atoms with van der Waals surface area (Å²) in [5.41, 5.74) is 3.46. The van der Waals surface area contributed by atoms with E-state index in [1.807, 2.05) is 13.8 Å². The molecule has 0 aliphatic carbocycles. The third-order valence-electron chi connectivity index (χ3n) is 3.47. The van der Waals surface area contributed by atoms with E-state index in [-0.39, 0.29) is 22.5 Å². The highest BCUT2D eigenvalue weighted by molar-refractivity contribution is 5.97. The van der Waals surface area contributed by atoms with Crippen molar-refractivity contribution in [3.8, 4) is 0 Å². The second-order valence-electron chi connectivity index (χ2n) is 7.82. The van der Waals surface area contributed by atoms with Gasteiger partial charge in [-0.15, -0.1) is 0 Å². The second-order valence-corrected chi connectivity index (χ2v) is 7.82. The highest BCUT2D eigenvalue weighted by Crippen LogP contribution is 2.30. The molecule has 0 saturated heterocycles. The van der Waals surface area contributed by atoms with Gasteiger partial charge in [0, 0.05) is 11.5 Å². The zero-order valence-electron chi connectivity index (χ0n) is 13.7. The van der Waals surface area contributed by atoms with Gasteiger partial charge in [0.25, 0.3) is 0 Å². The van der Waals surface area contributed by atoms with Crippen molar-refractivity contribution in [2.24, 2.45) is 5.92 Å². The van der Waals surface area contributed by atoms with Crippen LogP contribution in [0.5, 0.6) is 0 Å². The molecule has 1 heteroatoms. The largest absolute Gasteiger partial charge is 0.294 e. The molecule has 0 aromatic heterocycles. The number of hydrogen-bond donors (Lipinski definition) is 0. The zero-order chi connectivity index (χ0) is 15.0. The molecule has 1 aromatic carbocycles. The standard InChI is InChI=1S/C18H28O/c1-12(2)16(19)13-9-14(17(3,4)5)11-15(10-13)18(6,7)8/h9-12H,1-8H3. The van der Waals surface area contributed by atoms with Crippen molar-refractivity contribution >= 4 is 5.78 Å². The Morgan fingerprint density at radius 3 is 1.47 bits per heavy atom. The summed E-state index contributed by atoms with van der Waals surface area (Å²) in [6.07, 6.45) is 0. The lowest BCUT2D eigenvalue weighted by Crippen LogP contribution is -2.19. The van der Waals surface area contributed by atoms with Crippen molar-refractivity contribution in [1.29, 1.82) is 0 Å². The van der Waals surface area contributed by atoms with Crippen molar-refractivity contribution in [2.45, 2.75) is 66.2 Å². The molecule has 1 rings (SSSR count). The van der Waals surface area contributed by atoms with Crippen molar-refractivity contribution < 1.29 is 4.79 Å². The van der Waals surface area contributed by atoms with Crippen LogP contribution in [-0.4, -0.2) is 5.78 Å². The van der Waals surface area contributed by atoms with Gasteiger partial charge in [0.15, 0.2) is 5.78 Å². The molecule has 0 amide bonds. The SMILES string of the molecule is CC(C)C(=O)c1cc(C(C)(C)C)cc(C(C)(C)C)c1. The maximum Gasteiger partial charge on any atom is 0.165 e. The van der Waals surface area contributed by atoms with Crippen LogP contribution in [0, 0.1) is 5.92 Å². The summed E-state index contributed by atoms with van der Waals surface area (Å²) < 4.78 is 0. The summed E-state index contributed by atoms with van der Waals surface area (Å²) in [4.78, 5) is 12.3. The Morgan fingerprint density at radius 1 is 0.842 bits per heavy atom. The van der Waals surface area contributed by atoms with Crippen LogP contribution in [0.1, 0.15) is 76.9 Å². The number of carbonyl (C=O) groups excluding carboxylic acids is 1. The Labute approximate surface area is 118 Å². The smallest absolute Gasteiger partial charge is 0.165 e. The summed E-state index contributed by atoms with van der Waals surface area (Å²) in [5.74, 6) is 0.277. The summed E-state index contributed by atoms with van der Waals surface area (Å²) >= 11 is 0. The van der Waals surface area contributed by atoms with Gasteiger partial charge in [0.2, 0.25) is 0 Å². The van der Waals surface area contributed by atoms with E-state index in [1.54, 1.807) is 0 Å². The Balaban J connectivity index is 3.46. The Bertz CT molecular complexity index is 435. The minimum atomic E-state index is 0.0445. The lowest BCUT2D eigenvalue weighted by atomic mass is 9.78. The summed E-state index contributed by atoms with van der Waals surface area (Å²) in [5, 5.41) is 0. The van der Waals surface area contributed by atoms with E-state index < -0.39 is 0 Å². The molecule has 0 aliphatic rings. The highest BCUT2D eigenvalue weighted by atomic mass is 16.1. The van der Waals surface area contributed by atoms with Crippen LogP contribution in [0.15, 0.2) is 18.2 Å². The number of hydrogen-bond acceptors (Lipinski definition) is 1. The molecular formula is C18H28O. The first-order valence-corrected chi connectivity index (χ1v) is 7.13. The molecule has 0 bridgehead atoms. The number of benzene rings is 1. The van der Waals surface area contributed by atoms with Gasteiger partial charge in [-0.2, -0.15) is 0 Å². The quantitative estimate of drug-likeness (QED) is 0.674. The molecule has 1 nitrogen and oxygen atoms in total. The topological polar surface area (TPSA) is 17.1 Å². The fraction of sp³-hybridized carbons (Fsp3) is 0.611. The molecule has 0 N–H and O–H groups in total. The lowest BCUT2D eigenvalue weighted by Gasteiger charge is -2.26. The van der Waals surface area contributed by atoms with Gasteiger partial charge in [-0.05, 0) is 34.1 Å². The highest BCUT2D eigenvalue weighted by Gasteiger charge is 2.22. The average molecular weight is 260 g/mol. The van der Waals surface area contributed by atoms with Gasteiger partial charge in [-0.3, -0.25) is 4.79 Å². The van der Waals surface area contributed by atoms with E-state index >= 15 is 0 Å². The van der Waals surface area contributed by atoms with E-state index in [0.717, 1.165) is 5.56 Å². The van der Waals surface area contributed by atoms with Crippen molar-refractivity contribution in [3.63, 3.8) is 0 Å². The monoisotopic (exact) mass is 260 g/mol. The van der Waals surface area contributed by atoms with Gasteiger partial charge >= 0.3 is 0 Å². The molecule has 106 valence electrons. The molecule has 19 heavy (non-hydrogen) atoms. The van der Waals surface area contributed by atoms with E-state index in [2.05, 4.69) is 59.7 Å². The lowest BCUT2D eigenvalue weighted by molar-refractivity contribution is 0.0939. The van der Waals surface area contributed by atoms with Crippen LogP contribution in [0.2, 0.25) is 0 Å². The Morgan fingerprint density at radius 2 is 1.21 bits per heavy atom. The van der Waals surface area contributed by atoms with Gasteiger partial charge in [0.05, 0.1) is 0 Å². The number of Topliss-reactive ketones (excluding diaryl/α,β-unsaturated/α-hetero) is 1. The molecule has 0 aliphatic heterocycles. The normalized spacial score (nSPS) is 12.9. The Hall–Kier alpha value is -1.11. The maximum absolute atomic E-state index is 12.3. The average Bonchev–Trinajstić information content (AvgIpc) is 2.24. The summed E-state index contributed by atoms with van der Waals surface area (Å²) in [7, 11) is 0. The molecule has 0 atom stereocenters. The minimum Gasteiger partial charge on any atom is -0.294 e. The van der Waals surface area contributed by atoms with E-state index in [0.29, 0.717) is 0 Å². The molecular weight excluding hydrogens is 232 g/mol. The van der Waals surface area contributed by atoms with Gasteiger partial charge in [-0.25, -0.2) is 0 Å². The number of rotatable bonds is 2. The van der Waals surface area contributed by atoms with Crippen LogP contribution in [0.25, 0.3) is 0 Å². The maximum atomic E-state index is 12.3. The summed E-state index contributed by atoms with van der Waals surface area (Å²) in [6.45, 7) is 17.1. The fourth-order valence-electron chi connectivity index (χ4n) is 1.97. The van der Waals surface area contributed by atoms with Crippen LogP contribution in [0.3, 0.4) is 0 Å². The molecule has 1 aromatic rings. The third kappa shape index (κ3) is 3.92. The number of ketones is 1. The zero-order valence-corrected chi connectivity index (χ0v) is 13.7.